The van der Waals surface area contributed by atoms with Crippen LogP contribution in [0.25, 0.3) is 5.78 Å². The van der Waals surface area contributed by atoms with E-state index in [1.807, 2.05) is 0 Å². The van der Waals surface area contributed by atoms with Crippen molar-refractivity contribution in [3.05, 3.63) is 58.7 Å². The van der Waals surface area contributed by atoms with E-state index in [2.05, 4.69) is 15.1 Å². The number of hydrogen-bond acceptors (Lipinski definition) is 4. The number of hydrogen-bond donors (Lipinski definition) is 0. The Morgan fingerprint density at radius 2 is 1.76 bits per heavy atom. The molecule has 1 amide bonds. The molecule has 2 aliphatic heterocycles. The predicted molar refractivity (Wildman–Crippen MR) is 133 cm³/mol. The number of carbonyl (C=O) groups excluding carboxylic acids is 1. The van der Waals surface area contributed by atoms with Crippen LogP contribution in [0.3, 0.4) is 0 Å². The zero-order chi connectivity index (χ0) is 21.9. The molecular weight excluding hydrogens is 510 g/mol. The van der Waals surface area contributed by atoms with Crippen LogP contribution in [0.5, 0.6) is 0 Å². The number of fused-ring (bicyclic) bond motifs is 3. The molecule has 3 atom stereocenters. The second-order valence-corrected chi connectivity index (χ2v) is 8.16. The molecule has 0 saturated carbocycles. The van der Waals surface area contributed by atoms with E-state index >= 15 is 0 Å². The lowest BCUT2D eigenvalue weighted by Crippen LogP contribution is -2.47. The quantitative estimate of drug-likeness (QED) is 0.462. The Morgan fingerprint density at radius 1 is 1.06 bits per heavy atom. The van der Waals surface area contributed by atoms with Gasteiger partial charge < -0.3 is 4.90 Å². The van der Waals surface area contributed by atoms with E-state index in [9.17, 15) is 22.4 Å². The first-order valence-electron chi connectivity index (χ1n) is 10.1. The second-order valence-electron chi connectivity index (χ2n) is 8.16. The number of alkyl halides is 2. The summed E-state index contributed by atoms with van der Waals surface area (Å²) in [6, 6.07) is 3.32. The minimum absolute atomic E-state index is 0. The predicted octanol–water partition coefficient (Wildman–Crippen LogP) is 4.54. The molecule has 2 aromatic heterocycles. The molecule has 186 valence electrons. The largest absolute Gasteiger partial charge is 0.332 e. The van der Waals surface area contributed by atoms with E-state index in [4.69, 9.17) is 0 Å². The Bertz CT molecular complexity index is 1170. The van der Waals surface area contributed by atoms with Crippen LogP contribution in [0, 0.1) is 18.6 Å². The molecule has 6 nitrogen and oxygen atoms in total. The Kier molecular flexibility index (Phi) is 8.92. The van der Waals surface area contributed by atoms with Gasteiger partial charge in [-0.3, -0.25) is 4.79 Å². The maximum Gasteiger partial charge on any atom is 0.280 e. The van der Waals surface area contributed by atoms with Crippen molar-refractivity contribution in [3.63, 3.8) is 0 Å². The molecule has 2 saturated heterocycles. The van der Waals surface area contributed by atoms with Crippen molar-refractivity contribution in [2.45, 2.75) is 57.0 Å². The first kappa shape index (κ1) is 28.2. The molecule has 0 aliphatic carbocycles. The number of amides is 1. The monoisotopic (exact) mass is 535 g/mol. The van der Waals surface area contributed by atoms with Gasteiger partial charge >= 0.3 is 0 Å². The van der Waals surface area contributed by atoms with Crippen LogP contribution in [-0.2, 0) is 0 Å². The molecule has 34 heavy (non-hydrogen) atoms. The zero-order valence-corrected chi connectivity index (χ0v) is 21.1. The summed E-state index contributed by atoms with van der Waals surface area (Å²) in [6.07, 6.45) is 1.32. The van der Waals surface area contributed by atoms with Crippen LogP contribution in [0.1, 0.15) is 65.3 Å². The fourth-order valence-electron chi connectivity index (χ4n) is 5.05. The number of piperidine rings is 1. The topological polar surface area (TPSA) is 63.4 Å². The number of aryl methyl sites for hydroxylation is 1. The third-order valence-corrected chi connectivity index (χ3v) is 6.42. The van der Waals surface area contributed by atoms with Crippen molar-refractivity contribution < 1.29 is 22.4 Å². The van der Waals surface area contributed by atoms with E-state index in [0.29, 0.717) is 25.0 Å². The maximum atomic E-state index is 13.9. The van der Waals surface area contributed by atoms with Gasteiger partial charge in [-0.15, -0.1) is 0 Å². The molecule has 0 spiro atoms. The van der Waals surface area contributed by atoms with Crippen LogP contribution in [0.15, 0.2) is 24.5 Å². The number of halogens is 4. The van der Waals surface area contributed by atoms with Gasteiger partial charge in [-0.2, -0.15) is 50.6 Å². The third-order valence-electron chi connectivity index (χ3n) is 6.42. The van der Waals surface area contributed by atoms with Crippen LogP contribution in [0.2, 0.25) is 0 Å². The summed E-state index contributed by atoms with van der Waals surface area (Å²) in [7, 11) is 0. The SMILES string of the molecule is Cc1cc(C(=O)N2[C@H]3CC[C@H](c4cc(C(F)F)nc5ncnn45)[C@@H]2CC3)cc(F)c1F.S.S.S. The summed E-state index contributed by atoms with van der Waals surface area (Å²) in [5, 5.41) is 4.14. The number of carbonyl (C=O) groups is 1. The maximum absolute atomic E-state index is 13.9. The highest BCUT2D eigenvalue weighted by atomic mass is 32.1. The first-order chi connectivity index (χ1) is 14.8. The fourth-order valence-corrected chi connectivity index (χ4v) is 5.05. The third kappa shape index (κ3) is 4.61. The summed E-state index contributed by atoms with van der Waals surface area (Å²) < 4.78 is 55.9. The summed E-state index contributed by atoms with van der Waals surface area (Å²) >= 11 is 0. The van der Waals surface area contributed by atoms with Gasteiger partial charge in [0.2, 0.25) is 0 Å². The summed E-state index contributed by atoms with van der Waals surface area (Å²) in [5.41, 5.74) is 0.291. The van der Waals surface area contributed by atoms with Gasteiger partial charge in [0, 0.05) is 23.6 Å². The highest BCUT2D eigenvalue weighted by Crippen LogP contribution is 2.45. The lowest BCUT2D eigenvalue weighted by Gasteiger charge is -2.40. The van der Waals surface area contributed by atoms with Gasteiger partial charge in [-0.05, 0) is 56.4 Å². The molecule has 2 aliphatic rings. The highest BCUT2D eigenvalue weighted by Gasteiger charge is 2.46. The van der Waals surface area contributed by atoms with Crippen molar-refractivity contribution >= 4 is 52.2 Å². The summed E-state index contributed by atoms with van der Waals surface area (Å²) in [6.45, 7) is 1.41. The van der Waals surface area contributed by atoms with Crippen LogP contribution in [-0.4, -0.2) is 42.5 Å². The van der Waals surface area contributed by atoms with Crippen molar-refractivity contribution in [3.8, 4) is 0 Å². The lowest BCUT2D eigenvalue weighted by atomic mass is 9.86. The van der Waals surface area contributed by atoms with E-state index in [1.165, 1.54) is 29.9 Å². The van der Waals surface area contributed by atoms with E-state index < -0.39 is 18.1 Å². The van der Waals surface area contributed by atoms with Gasteiger partial charge in [0.05, 0.1) is 5.69 Å². The smallest absolute Gasteiger partial charge is 0.280 e. The summed E-state index contributed by atoms with van der Waals surface area (Å²) in [5.74, 6) is -2.58. The van der Waals surface area contributed by atoms with Crippen molar-refractivity contribution in [1.29, 1.82) is 0 Å². The Morgan fingerprint density at radius 3 is 2.44 bits per heavy atom. The lowest BCUT2D eigenvalue weighted by molar-refractivity contribution is 0.0553. The number of rotatable bonds is 3. The zero-order valence-electron chi connectivity index (χ0n) is 18.1. The molecular formula is C21H25F4N5OS3. The Hall–Kier alpha value is -1.99. The van der Waals surface area contributed by atoms with Crippen LogP contribution < -0.4 is 0 Å². The van der Waals surface area contributed by atoms with Crippen LogP contribution in [0.4, 0.5) is 17.6 Å². The number of aromatic nitrogens is 4. The van der Waals surface area contributed by atoms with E-state index in [-0.39, 0.29) is 87.0 Å². The number of nitrogens with zero attached hydrogens (tertiary/aromatic N) is 5. The van der Waals surface area contributed by atoms with E-state index in [1.54, 1.807) is 4.90 Å². The van der Waals surface area contributed by atoms with E-state index in [0.717, 1.165) is 12.5 Å². The molecule has 4 heterocycles. The minimum atomic E-state index is -2.76. The van der Waals surface area contributed by atoms with Crippen molar-refractivity contribution in [1.82, 2.24) is 24.5 Å². The van der Waals surface area contributed by atoms with Crippen molar-refractivity contribution in [2.75, 3.05) is 0 Å². The molecule has 2 bridgehead atoms. The van der Waals surface area contributed by atoms with Crippen molar-refractivity contribution in [2.24, 2.45) is 0 Å². The standard InChI is InChI=1S/C21H19F4N5O.3H2S/c1-10-6-11(7-14(22)18(10)23)20(31)29-12-2-4-13(16(29)5-3-12)17-8-15(19(24)25)28-21-26-9-27-30(17)21;;;/h6-9,12-13,16,19H,2-5H2,1H3;3*1H2/t12-,13-,16-;;;/m0.../s1. The molecule has 2 fully saturated rings. The molecule has 3 aromatic rings. The molecule has 0 unspecified atom stereocenters. The molecule has 0 radical (unpaired) electrons. The molecule has 5 rings (SSSR count). The van der Waals surface area contributed by atoms with Gasteiger partial charge in [-0.1, -0.05) is 0 Å². The van der Waals surface area contributed by atoms with Crippen LogP contribution >= 0.6 is 40.5 Å². The van der Waals surface area contributed by atoms with Gasteiger partial charge in [-0.25, -0.2) is 27.1 Å². The van der Waals surface area contributed by atoms with Gasteiger partial charge in [0.1, 0.15) is 12.0 Å². The van der Waals surface area contributed by atoms with Gasteiger partial charge in [0.25, 0.3) is 18.1 Å². The second kappa shape index (κ2) is 10.7. The molecule has 0 N–H and O–H groups in total. The highest BCUT2D eigenvalue weighted by molar-refractivity contribution is 7.59. The fraction of sp³-hybridized carbons (Fsp3) is 0.429. The number of benzene rings is 1. The molecule has 1 aromatic carbocycles. The summed E-state index contributed by atoms with van der Waals surface area (Å²) in [4.78, 5) is 22.8. The first-order valence-corrected chi connectivity index (χ1v) is 10.1. The normalized spacial score (nSPS) is 21.1. The van der Waals surface area contributed by atoms with Gasteiger partial charge in [0.15, 0.2) is 11.6 Å². The average Bonchev–Trinajstić information content (AvgIpc) is 3.33. The molecule has 13 heteroatoms. The average molecular weight is 536 g/mol. The Balaban J connectivity index is 0.00000136. The minimum Gasteiger partial charge on any atom is -0.332 e. The Labute approximate surface area is 214 Å².